The Balaban J connectivity index is 2.41. The first-order chi connectivity index (χ1) is 6.40. The fourth-order valence-corrected chi connectivity index (χ4v) is 1.12. The molecule has 13 heavy (non-hydrogen) atoms. The Morgan fingerprint density at radius 2 is 2.00 bits per heavy atom. The normalized spacial score (nSPS) is 9.85. The van der Waals surface area contributed by atoms with Crippen LogP contribution in [-0.4, -0.2) is 16.3 Å². The summed E-state index contributed by atoms with van der Waals surface area (Å²) in [4.78, 5) is 17.2. The van der Waals surface area contributed by atoms with Gasteiger partial charge in [-0.15, -0.1) is 0 Å². The lowest BCUT2D eigenvalue weighted by Crippen LogP contribution is -1.81. The minimum Gasteiger partial charge on any atom is -0.344 e. The first-order valence-corrected chi connectivity index (χ1v) is 3.89. The molecule has 1 radical (unpaired) electrons. The topological polar surface area (TPSA) is 45.8 Å². The Hall–Kier alpha value is -1.90. The van der Waals surface area contributed by atoms with Crippen LogP contribution < -0.4 is 0 Å². The van der Waals surface area contributed by atoms with E-state index in [1.54, 1.807) is 6.29 Å². The number of hydrogen-bond donors (Lipinski definition) is 1. The van der Waals surface area contributed by atoms with Crippen LogP contribution in [0.5, 0.6) is 0 Å². The van der Waals surface area contributed by atoms with Gasteiger partial charge in [0, 0.05) is 11.8 Å². The molecule has 3 nitrogen and oxygen atoms in total. The van der Waals surface area contributed by atoms with Crippen molar-refractivity contribution >= 4 is 6.29 Å². The van der Waals surface area contributed by atoms with Gasteiger partial charge in [0.2, 0.25) is 0 Å². The van der Waals surface area contributed by atoms with Crippen LogP contribution in [0, 0.1) is 0 Å². The molecule has 1 aromatic carbocycles. The highest BCUT2D eigenvalue weighted by molar-refractivity contribution is 5.73. The Morgan fingerprint density at radius 1 is 1.23 bits per heavy atom. The molecule has 2 aromatic rings. The molecule has 0 amide bonds. The number of hydrogen-bond acceptors (Lipinski definition) is 2. The van der Waals surface area contributed by atoms with Gasteiger partial charge in [-0.25, -0.2) is 4.98 Å². The number of rotatable bonds is 2. The molecule has 0 aliphatic rings. The van der Waals surface area contributed by atoms with Crippen LogP contribution in [0.15, 0.2) is 36.5 Å². The molecule has 1 N–H and O–H groups in total. The molecule has 1 heterocycles. The van der Waals surface area contributed by atoms with Gasteiger partial charge in [0.1, 0.15) is 11.5 Å². The maximum absolute atomic E-state index is 10.2. The highest BCUT2D eigenvalue weighted by Gasteiger charge is 2.01. The fraction of sp³-hybridized carbons (Fsp3) is 0. The summed E-state index contributed by atoms with van der Waals surface area (Å²) in [5.41, 5.74) is 1.27. The van der Waals surface area contributed by atoms with Gasteiger partial charge in [-0.3, -0.25) is 4.79 Å². The van der Waals surface area contributed by atoms with E-state index < -0.39 is 0 Å². The molecule has 0 bridgehead atoms. The standard InChI is InChI=1S/C10H7N2O/c13-7-9-6-11-10(12-9)8-4-2-1-3-5-8/h1-6H,(H,11,12). The van der Waals surface area contributed by atoms with Gasteiger partial charge in [0.15, 0.2) is 0 Å². The Kier molecular flexibility index (Phi) is 1.92. The van der Waals surface area contributed by atoms with Crippen LogP contribution >= 0.6 is 0 Å². The zero-order valence-corrected chi connectivity index (χ0v) is 6.82. The summed E-state index contributed by atoms with van der Waals surface area (Å²) in [6.45, 7) is 0. The molecular weight excluding hydrogens is 164 g/mol. The van der Waals surface area contributed by atoms with E-state index >= 15 is 0 Å². The highest BCUT2D eigenvalue weighted by atomic mass is 16.1. The monoisotopic (exact) mass is 171 g/mol. The zero-order chi connectivity index (χ0) is 9.10. The third-order valence-corrected chi connectivity index (χ3v) is 1.73. The van der Waals surface area contributed by atoms with Crippen molar-refractivity contribution in [2.75, 3.05) is 0 Å². The molecule has 0 atom stereocenters. The summed E-state index contributed by atoms with van der Waals surface area (Å²) < 4.78 is 0. The van der Waals surface area contributed by atoms with Crippen molar-refractivity contribution in [1.29, 1.82) is 0 Å². The predicted octanol–water partition coefficient (Wildman–Crippen LogP) is 1.53. The second kappa shape index (κ2) is 3.23. The van der Waals surface area contributed by atoms with Crippen LogP contribution in [0.1, 0.15) is 5.69 Å². The molecule has 0 fully saturated rings. The van der Waals surface area contributed by atoms with Gasteiger partial charge in [0.05, 0.1) is 0 Å². The quantitative estimate of drug-likeness (QED) is 0.744. The molecule has 63 valence electrons. The van der Waals surface area contributed by atoms with Gasteiger partial charge in [-0.05, 0) is 0 Å². The van der Waals surface area contributed by atoms with Crippen molar-refractivity contribution in [2.45, 2.75) is 0 Å². The van der Waals surface area contributed by atoms with Crippen molar-refractivity contribution < 1.29 is 4.79 Å². The maximum Gasteiger partial charge on any atom is 0.255 e. The van der Waals surface area contributed by atoms with E-state index in [0.717, 1.165) is 5.56 Å². The number of imidazole rings is 1. The van der Waals surface area contributed by atoms with Crippen molar-refractivity contribution in [2.24, 2.45) is 0 Å². The highest BCUT2D eigenvalue weighted by Crippen LogP contribution is 2.13. The van der Waals surface area contributed by atoms with Gasteiger partial charge in [-0.2, -0.15) is 0 Å². The minimum atomic E-state index is 0.304. The minimum absolute atomic E-state index is 0.304. The van der Waals surface area contributed by atoms with E-state index in [0.29, 0.717) is 11.5 Å². The lowest BCUT2D eigenvalue weighted by molar-refractivity contribution is 0.561. The van der Waals surface area contributed by atoms with Crippen LogP contribution in [0.3, 0.4) is 0 Å². The van der Waals surface area contributed by atoms with Crippen molar-refractivity contribution in [3.8, 4) is 11.4 Å². The third kappa shape index (κ3) is 1.49. The number of aromatic amines is 1. The van der Waals surface area contributed by atoms with Crippen LogP contribution in [0.4, 0.5) is 0 Å². The second-order valence-corrected chi connectivity index (χ2v) is 2.60. The smallest absolute Gasteiger partial charge is 0.255 e. The fourth-order valence-electron chi connectivity index (χ4n) is 1.12. The van der Waals surface area contributed by atoms with Gasteiger partial charge >= 0.3 is 0 Å². The second-order valence-electron chi connectivity index (χ2n) is 2.60. The van der Waals surface area contributed by atoms with Crippen LogP contribution in [-0.2, 0) is 4.79 Å². The summed E-state index contributed by atoms with van der Waals surface area (Å²) in [6, 6.07) is 9.62. The average molecular weight is 171 g/mol. The summed E-state index contributed by atoms with van der Waals surface area (Å²) in [6.07, 6.45) is 3.26. The molecule has 2 rings (SSSR count). The Labute approximate surface area is 75.4 Å². The lowest BCUT2D eigenvalue weighted by Gasteiger charge is -1.92. The molecule has 3 heteroatoms. The average Bonchev–Trinajstić information content (AvgIpc) is 2.67. The first kappa shape index (κ1) is 7.73. The van der Waals surface area contributed by atoms with E-state index in [1.807, 2.05) is 30.3 Å². The molecule has 0 saturated carbocycles. The van der Waals surface area contributed by atoms with Crippen LogP contribution in [0.25, 0.3) is 11.4 Å². The number of H-pyrrole nitrogens is 1. The number of nitrogens with zero attached hydrogens (tertiary/aromatic N) is 1. The van der Waals surface area contributed by atoms with E-state index in [9.17, 15) is 4.79 Å². The number of nitrogens with one attached hydrogen (secondary N) is 1. The lowest BCUT2D eigenvalue weighted by atomic mass is 10.2. The first-order valence-electron chi connectivity index (χ1n) is 3.89. The molecule has 1 aromatic heterocycles. The largest absolute Gasteiger partial charge is 0.344 e. The van der Waals surface area contributed by atoms with Crippen molar-refractivity contribution in [3.63, 3.8) is 0 Å². The summed E-state index contributed by atoms with van der Waals surface area (Å²) in [5, 5.41) is 0. The third-order valence-electron chi connectivity index (χ3n) is 1.73. The van der Waals surface area contributed by atoms with Gasteiger partial charge in [0.25, 0.3) is 6.29 Å². The number of carbonyl (C=O) groups excluding carboxylic acids is 1. The van der Waals surface area contributed by atoms with Gasteiger partial charge in [-0.1, -0.05) is 30.3 Å². The molecule has 0 saturated heterocycles. The zero-order valence-electron chi connectivity index (χ0n) is 6.82. The van der Waals surface area contributed by atoms with Crippen molar-refractivity contribution in [1.82, 2.24) is 9.97 Å². The molecule has 0 aliphatic heterocycles. The molecule has 0 aliphatic carbocycles. The number of benzene rings is 1. The Morgan fingerprint density at radius 3 is 2.62 bits per heavy atom. The molecular formula is C10H7N2O. The predicted molar refractivity (Wildman–Crippen MR) is 48.8 cm³/mol. The van der Waals surface area contributed by atoms with Gasteiger partial charge < -0.3 is 4.98 Å². The molecule has 0 unspecified atom stereocenters. The SMILES string of the molecule is O=[C]c1c[nH]c(-c2ccccc2)n1. The molecule has 0 spiro atoms. The van der Waals surface area contributed by atoms with E-state index in [1.165, 1.54) is 6.20 Å². The maximum atomic E-state index is 10.2. The summed E-state index contributed by atoms with van der Waals surface area (Å²) >= 11 is 0. The van der Waals surface area contributed by atoms with Crippen LogP contribution in [0.2, 0.25) is 0 Å². The van der Waals surface area contributed by atoms with E-state index in [2.05, 4.69) is 9.97 Å². The van der Waals surface area contributed by atoms with E-state index in [4.69, 9.17) is 0 Å². The Bertz CT molecular complexity index is 406. The number of aromatic nitrogens is 2. The van der Waals surface area contributed by atoms with E-state index in [-0.39, 0.29) is 0 Å². The van der Waals surface area contributed by atoms with Crippen molar-refractivity contribution in [3.05, 3.63) is 42.2 Å². The summed E-state index contributed by atoms with van der Waals surface area (Å²) in [5.74, 6) is 0.693. The summed E-state index contributed by atoms with van der Waals surface area (Å²) in [7, 11) is 0.